The molecule has 0 spiro atoms. The summed E-state index contributed by atoms with van der Waals surface area (Å²) in [7, 11) is 1.59. The largest absolute Gasteiger partial charge is 0.497 e. The summed E-state index contributed by atoms with van der Waals surface area (Å²) in [5, 5.41) is 14.5. The van der Waals surface area contributed by atoms with Crippen molar-refractivity contribution in [3.05, 3.63) is 76.6 Å². The van der Waals surface area contributed by atoms with Gasteiger partial charge in [-0.25, -0.2) is 4.98 Å². The van der Waals surface area contributed by atoms with Crippen LogP contribution in [0.4, 0.5) is 11.5 Å². The highest BCUT2D eigenvalue weighted by molar-refractivity contribution is 5.61. The molecule has 0 amide bonds. The molecule has 0 fully saturated rings. The number of nitrogens with zero attached hydrogens (tertiary/aromatic N) is 3. The molecular formula is C18H16N4O4. The van der Waals surface area contributed by atoms with Crippen LogP contribution in [0.2, 0.25) is 0 Å². The predicted molar refractivity (Wildman–Crippen MR) is 95.5 cm³/mol. The van der Waals surface area contributed by atoms with Crippen LogP contribution in [0.3, 0.4) is 0 Å². The van der Waals surface area contributed by atoms with Crippen LogP contribution in [0.1, 0.15) is 5.56 Å². The lowest BCUT2D eigenvalue weighted by atomic mass is 10.2. The lowest BCUT2D eigenvalue weighted by molar-refractivity contribution is -0.385. The van der Waals surface area contributed by atoms with Crippen LogP contribution in [-0.4, -0.2) is 22.0 Å². The summed E-state index contributed by atoms with van der Waals surface area (Å²) in [5.41, 5.74) is 0.606. The normalized spacial score (nSPS) is 10.2. The van der Waals surface area contributed by atoms with Crippen molar-refractivity contribution in [2.45, 2.75) is 6.54 Å². The van der Waals surface area contributed by atoms with Gasteiger partial charge in [0, 0.05) is 6.54 Å². The van der Waals surface area contributed by atoms with E-state index in [-0.39, 0.29) is 17.4 Å². The molecule has 0 atom stereocenters. The molecule has 1 heterocycles. The van der Waals surface area contributed by atoms with Gasteiger partial charge < -0.3 is 14.8 Å². The van der Waals surface area contributed by atoms with E-state index in [9.17, 15) is 10.1 Å². The fraction of sp³-hybridized carbons (Fsp3) is 0.111. The van der Waals surface area contributed by atoms with Gasteiger partial charge >= 0.3 is 11.6 Å². The van der Waals surface area contributed by atoms with Crippen molar-refractivity contribution in [1.82, 2.24) is 9.97 Å². The summed E-state index contributed by atoms with van der Waals surface area (Å²) in [4.78, 5) is 18.8. The van der Waals surface area contributed by atoms with E-state index in [2.05, 4.69) is 15.3 Å². The molecular weight excluding hydrogens is 336 g/mol. The van der Waals surface area contributed by atoms with Gasteiger partial charge in [0.1, 0.15) is 17.8 Å². The molecule has 0 bridgehead atoms. The number of nitrogens with one attached hydrogen (secondary N) is 1. The summed E-state index contributed by atoms with van der Waals surface area (Å²) in [6.07, 6.45) is 1.22. The fourth-order valence-corrected chi connectivity index (χ4v) is 2.26. The van der Waals surface area contributed by atoms with Crippen LogP contribution in [0.25, 0.3) is 0 Å². The van der Waals surface area contributed by atoms with Crippen LogP contribution in [0, 0.1) is 10.1 Å². The number of hydrogen-bond donors (Lipinski definition) is 1. The molecule has 0 aliphatic carbocycles. The van der Waals surface area contributed by atoms with Gasteiger partial charge in [0.25, 0.3) is 0 Å². The number of anilines is 1. The van der Waals surface area contributed by atoms with Gasteiger partial charge in [-0.3, -0.25) is 10.1 Å². The molecule has 8 nitrogen and oxygen atoms in total. The summed E-state index contributed by atoms with van der Waals surface area (Å²) in [6.45, 7) is 0.354. The minimum absolute atomic E-state index is 0.0896. The Labute approximate surface area is 149 Å². The predicted octanol–water partition coefficient (Wildman–Crippen LogP) is 3.80. The number of benzene rings is 2. The number of methoxy groups -OCH3 is 1. The maximum atomic E-state index is 11.5. The van der Waals surface area contributed by atoms with Crippen LogP contribution >= 0.6 is 0 Å². The Morgan fingerprint density at radius 2 is 1.77 bits per heavy atom. The molecule has 8 heteroatoms. The Morgan fingerprint density at radius 1 is 1.04 bits per heavy atom. The van der Waals surface area contributed by atoms with Gasteiger partial charge in [-0.05, 0) is 29.8 Å². The van der Waals surface area contributed by atoms with Crippen LogP contribution in [-0.2, 0) is 6.54 Å². The maximum Gasteiger partial charge on any atom is 0.373 e. The molecule has 1 aromatic heterocycles. The van der Waals surface area contributed by atoms with Gasteiger partial charge in [0.15, 0.2) is 0 Å². The summed E-state index contributed by atoms with van der Waals surface area (Å²) >= 11 is 0. The second-order valence-corrected chi connectivity index (χ2v) is 5.25. The van der Waals surface area contributed by atoms with Gasteiger partial charge in [0.2, 0.25) is 5.82 Å². The standard InChI is InChI=1S/C18H16N4O4/c1-25-14-9-7-13(8-10-14)11-19-17-16(22(23)24)18(21-12-20-17)26-15-5-3-2-4-6-15/h2-10,12H,11H2,1H3,(H,19,20,21). The molecule has 132 valence electrons. The monoisotopic (exact) mass is 352 g/mol. The van der Waals surface area contributed by atoms with Gasteiger partial charge in [-0.2, -0.15) is 4.98 Å². The van der Waals surface area contributed by atoms with Crippen LogP contribution in [0.15, 0.2) is 60.9 Å². The van der Waals surface area contributed by atoms with E-state index in [0.717, 1.165) is 11.3 Å². The minimum atomic E-state index is -0.561. The van der Waals surface area contributed by atoms with Gasteiger partial charge in [-0.15, -0.1) is 0 Å². The number of nitro groups is 1. The van der Waals surface area contributed by atoms with Crippen molar-refractivity contribution in [1.29, 1.82) is 0 Å². The van der Waals surface area contributed by atoms with E-state index in [1.807, 2.05) is 30.3 Å². The smallest absolute Gasteiger partial charge is 0.373 e. The molecule has 26 heavy (non-hydrogen) atoms. The van der Waals surface area contributed by atoms with E-state index < -0.39 is 4.92 Å². The highest BCUT2D eigenvalue weighted by atomic mass is 16.6. The van der Waals surface area contributed by atoms with Crippen molar-refractivity contribution < 1.29 is 14.4 Å². The van der Waals surface area contributed by atoms with Crippen molar-refractivity contribution in [2.75, 3.05) is 12.4 Å². The van der Waals surface area contributed by atoms with E-state index in [4.69, 9.17) is 9.47 Å². The Hall–Kier alpha value is -3.68. The van der Waals surface area contributed by atoms with Gasteiger partial charge in [-0.1, -0.05) is 30.3 Å². The summed E-state index contributed by atoms with van der Waals surface area (Å²) in [5.74, 6) is 1.16. The second-order valence-electron chi connectivity index (χ2n) is 5.25. The van der Waals surface area contributed by atoms with Crippen molar-refractivity contribution in [3.63, 3.8) is 0 Å². The molecule has 3 aromatic rings. The molecule has 2 aromatic carbocycles. The average Bonchev–Trinajstić information content (AvgIpc) is 2.67. The minimum Gasteiger partial charge on any atom is -0.497 e. The Balaban J connectivity index is 1.82. The molecule has 0 saturated carbocycles. The summed E-state index contributed by atoms with van der Waals surface area (Å²) in [6, 6.07) is 16.1. The topological polar surface area (TPSA) is 99.4 Å². The van der Waals surface area contributed by atoms with Crippen LogP contribution in [0.5, 0.6) is 17.4 Å². The molecule has 0 aliphatic rings. The fourth-order valence-electron chi connectivity index (χ4n) is 2.26. The average molecular weight is 352 g/mol. The number of para-hydroxylation sites is 1. The zero-order valence-electron chi connectivity index (χ0n) is 14.0. The van der Waals surface area contributed by atoms with Crippen molar-refractivity contribution in [2.24, 2.45) is 0 Å². The number of ether oxygens (including phenoxy) is 2. The lowest BCUT2D eigenvalue weighted by Crippen LogP contribution is -2.07. The SMILES string of the molecule is COc1ccc(CNc2ncnc(Oc3ccccc3)c2[N+](=O)[O-])cc1. The third kappa shape index (κ3) is 4.04. The maximum absolute atomic E-state index is 11.5. The summed E-state index contributed by atoms with van der Waals surface area (Å²) < 4.78 is 10.7. The zero-order valence-corrected chi connectivity index (χ0v) is 14.0. The highest BCUT2D eigenvalue weighted by Gasteiger charge is 2.24. The van der Waals surface area contributed by atoms with Gasteiger partial charge in [0.05, 0.1) is 12.0 Å². The first-order valence-corrected chi connectivity index (χ1v) is 7.76. The third-order valence-electron chi connectivity index (χ3n) is 3.55. The van der Waals surface area contributed by atoms with Crippen LogP contribution < -0.4 is 14.8 Å². The number of rotatable bonds is 7. The number of aromatic nitrogens is 2. The Kier molecular flexibility index (Phi) is 5.23. The molecule has 0 unspecified atom stereocenters. The van der Waals surface area contributed by atoms with Crippen molar-refractivity contribution >= 4 is 11.5 Å². The molecule has 0 saturated heterocycles. The van der Waals surface area contributed by atoms with E-state index in [1.165, 1.54) is 6.33 Å². The Bertz CT molecular complexity index is 885. The highest BCUT2D eigenvalue weighted by Crippen LogP contribution is 2.34. The third-order valence-corrected chi connectivity index (χ3v) is 3.55. The van der Waals surface area contributed by atoms with E-state index >= 15 is 0 Å². The first-order valence-electron chi connectivity index (χ1n) is 7.76. The zero-order chi connectivity index (χ0) is 18.4. The molecule has 3 rings (SSSR count). The van der Waals surface area contributed by atoms with E-state index in [1.54, 1.807) is 31.4 Å². The molecule has 1 N–H and O–H groups in total. The van der Waals surface area contributed by atoms with Crippen molar-refractivity contribution in [3.8, 4) is 17.4 Å². The molecule has 0 radical (unpaired) electrons. The van der Waals surface area contributed by atoms with E-state index in [0.29, 0.717) is 12.3 Å². The number of hydrogen-bond acceptors (Lipinski definition) is 7. The lowest BCUT2D eigenvalue weighted by Gasteiger charge is -2.09. The quantitative estimate of drug-likeness (QED) is 0.510. The molecule has 0 aliphatic heterocycles. The Morgan fingerprint density at radius 3 is 2.42 bits per heavy atom. The first kappa shape index (κ1) is 17.2. The first-order chi connectivity index (χ1) is 12.7. The second kappa shape index (κ2) is 7.93.